The van der Waals surface area contributed by atoms with Crippen molar-refractivity contribution >= 4 is 22.6 Å². The lowest BCUT2D eigenvalue weighted by Gasteiger charge is -1.55. The van der Waals surface area contributed by atoms with Crippen LogP contribution in [0, 0.1) is 0 Å². The van der Waals surface area contributed by atoms with Crippen LogP contribution in [0.2, 0.25) is 0 Å². The van der Waals surface area contributed by atoms with Crippen molar-refractivity contribution in [3.63, 3.8) is 0 Å². The highest BCUT2D eigenvalue weighted by Gasteiger charge is 1.48. The van der Waals surface area contributed by atoms with Gasteiger partial charge in [0, 0.05) is 5.88 Å². The number of hydrogen-bond donors (Lipinski definition) is 0. The standard InChI is InChI=1S/C3H5Cl.H4Si/c1-2-3-4;/h2H,1,3H2;1H4. The maximum absolute atomic E-state index is 5.07. The molecule has 0 unspecified atom stereocenters. The van der Waals surface area contributed by atoms with Crippen molar-refractivity contribution in [2.45, 2.75) is 0 Å². The first-order valence-corrected chi connectivity index (χ1v) is 1.62. The molecule has 0 nitrogen and oxygen atoms in total. The van der Waals surface area contributed by atoms with Gasteiger partial charge in [-0.15, -0.1) is 18.2 Å². The largest absolute Gasteiger partial charge is 0.122 e. The van der Waals surface area contributed by atoms with Crippen LogP contribution >= 0.6 is 11.6 Å². The summed E-state index contributed by atoms with van der Waals surface area (Å²) in [5, 5.41) is 0. The summed E-state index contributed by atoms with van der Waals surface area (Å²) in [6.45, 7) is 3.35. The number of halogens is 1. The molecule has 0 aromatic heterocycles. The van der Waals surface area contributed by atoms with E-state index in [-0.39, 0.29) is 11.0 Å². The minimum absolute atomic E-state index is 0. The highest BCUT2D eigenvalue weighted by molar-refractivity contribution is 6.18. The Hall–Kier alpha value is 0.247. The predicted molar refractivity (Wildman–Crippen MR) is 32.3 cm³/mol. The molecule has 0 aromatic carbocycles. The molecule has 32 valence electrons. The lowest BCUT2D eigenvalue weighted by Crippen LogP contribution is -1.45. The van der Waals surface area contributed by atoms with Gasteiger partial charge >= 0.3 is 0 Å². The van der Waals surface area contributed by atoms with E-state index in [2.05, 4.69) is 6.58 Å². The SMILES string of the molecule is C=CCCl.[SiH4]. The average Bonchev–Trinajstić information content (AvgIpc) is 1.37. The quantitative estimate of drug-likeness (QED) is 0.251. The molecule has 2 heteroatoms. The van der Waals surface area contributed by atoms with Crippen molar-refractivity contribution in [1.29, 1.82) is 0 Å². The zero-order valence-electron chi connectivity index (χ0n) is 2.37. The highest BCUT2D eigenvalue weighted by atomic mass is 35.5. The summed E-state index contributed by atoms with van der Waals surface area (Å²) in [5.41, 5.74) is 0. The minimum Gasteiger partial charge on any atom is -0.122 e. The Bertz CT molecular complexity index is 20.9. The molecule has 0 bridgehead atoms. The zero-order chi connectivity index (χ0) is 3.41. The molecule has 0 aliphatic rings. The topological polar surface area (TPSA) is 0 Å². The first kappa shape index (κ1) is 8.98. The van der Waals surface area contributed by atoms with E-state index in [0.29, 0.717) is 5.88 Å². The molecule has 0 saturated carbocycles. The van der Waals surface area contributed by atoms with E-state index in [1.165, 1.54) is 0 Å². The summed E-state index contributed by atoms with van der Waals surface area (Å²) in [5.74, 6) is 0.556. The normalized spacial score (nSPS) is 5.00. The Morgan fingerprint density at radius 2 is 2.00 bits per heavy atom. The molecule has 0 aliphatic heterocycles. The first-order chi connectivity index (χ1) is 1.91. The molecule has 0 fully saturated rings. The summed E-state index contributed by atoms with van der Waals surface area (Å²) in [6.07, 6.45) is 1.64. The van der Waals surface area contributed by atoms with Crippen molar-refractivity contribution in [3.8, 4) is 0 Å². The van der Waals surface area contributed by atoms with Crippen LogP contribution in [-0.4, -0.2) is 16.8 Å². The number of rotatable bonds is 1. The van der Waals surface area contributed by atoms with Gasteiger partial charge in [-0.1, -0.05) is 6.08 Å². The molecular formula is C3H9ClSi. The number of alkyl halides is 1. The molecule has 0 radical (unpaired) electrons. The van der Waals surface area contributed by atoms with Crippen LogP contribution in [0.1, 0.15) is 0 Å². The van der Waals surface area contributed by atoms with E-state index < -0.39 is 0 Å². The number of hydrogen-bond acceptors (Lipinski definition) is 0. The third-order valence-corrected chi connectivity index (χ3v) is 0.327. The summed E-state index contributed by atoms with van der Waals surface area (Å²) >= 11 is 5.07. The fraction of sp³-hybridized carbons (Fsp3) is 0.333. The Morgan fingerprint density at radius 1 is 1.80 bits per heavy atom. The van der Waals surface area contributed by atoms with Gasteiger partial charge in [0.05, 0.1) is 0 Å². The molecule has 0 N–H and O–H groups in total. The van der Waals surface area contributed by atoms with Crippen LogP contribution < -0.4 is 0 Å². The summed E-state index contributed by atoms with van der Waals surface area (Å²) in [6, 6.07) is 0. The predicted octanol–water partition coefficient (Wildman–Crippen LogP) is -0.0404. The number of allylic oxidation sites excluding steroid dienone is 1. The molecule has 0 heterocycles. The van der Waals surface area contributed by atoms with Gasteiger partial charge in [-0.25, -0.2) is 0 Å². The third kappa shape index (κ3) is 13.8. The molecule has 0 aliphatic carbocycles. The Balaban J connectivity index is 0. The Labute approximate surface area is 41.9 Å². The fourth-order valence-corrected chi connectivity index (χ4v) is 0. The molecule has 0 amide bonds. The van der Waals surface area contributed by atoms with Gasteiger partial charge in [0.2, 0.25) is 0 Å². The summed E-state index contributed by atoms with van der Waals surface area (Å²) in [7, 11) is 0. The molecule has 0 rings (SSSR count). The highest BCUT2D eigenvalue weighted by Crippen LogP contribution is 1.67. The van der Waals surface area contributed by atoms with Crippen molar-refractivity contribution in [2.75, 3.05) is 5.88 Å². The van der Waals surface area contributed by atoms with E-state index in [1.807, 2.05) is 0 Å². The molecule has 5 heavy (non-hydrogen) atoms. The van der Waals surface area contributed by atoms with Gasteiger partial charge in [-0.3, -0.25) is 0 Å². The van der Waals surface area contributed by atoms with E-state index in [9.17, 15) is 0 Å². The van der Waals surface area contributed by atoms with Crippen LogP contribution in [0.4, 0.5) is 0 Å². The molecule has 0 spiro atoms. The van der Waals surface area contributed by atoms with Crippen LogP contribution in [-0.2, 0) is 0 Å². The Morgan fingerprint density at radius 3 is 2.00 bits per heavy atom. The second kappa shape index (κ2) is 8.87. The molecule has 0 saturated heterocycles. The second-order valence-electron chi connectivity index (χ2n) is 0.443. The van der Waals surface area contributed by atoms with Crippen molar-refractivity contribution in [1.82, 2.24) is 0 Å². The maximum atomic E-state index is 5.07. The lowest BCUT2D eigenvalue weighted by molar-refractivity contribution is 1.80. The third-order valence-electron chi connectivity index (χ3n) is 0.109. The monoisotopic (exact) mass is 108 g/mol. The van der Waals surface area contributed by atoms with Gasteiger partial charge in [-0.05, 0) is 11.0 Å². The van der Waals surface area contributed by atoms with E-state index in [0.717, 1.165) is 0 Å². The second-order valence-corrected chi connectivity index (χ2v) is 0.752. The van der Waals surface area contributed by atoms with Crippen LogP contribution in [0.3, 0.4) is 0 Å². The van der Waals surface area contributed by atoms with Crippen molar-refractivity contribution < 1.29 is 0 Å². The van der Waals surface area contributed by atoms with Crippen LogP contribution in [0.25, 0.3) is 0 Å². The summed E-state index contributed by atoms with van der Waals surface area (Å²) < 4.78 is 0. The maximum Gasteiger partial charge on any atom is 0.0401 e. The summed E-state index contributed by atoms with van der Waals surface area (Å²) in [4.78, 5) is 0. The fourth-order valence-electron chi connectivity index (χ4n) is 0. The van der Waals surface area contributed by atoms with Gasteiger partial charge in [-0.2, -0.15) is 0 Å². The van der Waals surface area contributed by atoms with Crippen LogP contribution in [0.5, 0.6) is 0 Å². The molecule has 0 atom stereocenters. The molecular weight excluding hydrogens is 99.6 g/mol. The van der Waals surface area contributed by atoms with Gasteiger partial charge in [0.25, 0.3) is 0 Å². The van der Waals surface area contributed by atoms with Gasteiger partial charge in [0.15, 0.2) is 0 Å². The minimum atomic E-state index is 0. The van der Waals surface area contributed by atoms with E-state index in [1.54, 1.807) is 6.08 Å². The van der Waals surface area contributed by atoms with E-state index >= 15 is 0 Å². The average molecular weight is 109 g/mol. The van der Waals surface area contributed by atoms with Gasteiger partial charge in [0.1, 0.15) is 0 Å². The first-order valence-electron chi connectivity index (χ1n) is 1.08. The van der Waals surface area contributed by atoms with Gasteiger partial charge < -0.3 is 0 Å². The zero-order valence-corrected chi connectivity index (χ0v) is 3.13. The Kier molecular flexibility index (Phi) is 15.9. The van der Waals surface area contributed by atoms with Crippen LogP contribution in [0.15, 0.2) is 12.7 Å². The van der Waals surface area contributed by atoms with Crippen molar-refractivity contribution in [2.24, 2.45) is 0 Å². The lowest BCUT2D eigenvalue weighted by atomic mass is 10.8. The smallest absolute Gasteiger partial charge is 0.0401 e. The van der Waals surface area contributed by atoms with Crippen molar-refractivity contribution in [3.05, 3.63) is 12.7 Å². The van der Waals surface area contributed by atoms with E-state index in [4.69, 9.17) is 11.6 Å². The molecule has 0 aromatic rings.